The summed E-state index contributed by atoms with van der Waals surface area (Å²) in [4.78, 5) is 17.1. The third-order valence-electron chi connectivity index (χ3n) is 4.72. The van der Waals surface area contributed by atoms with Gasteiger partial charge in [-0.2, -0.15) is 0 Å². The number of ether oxygens (including phenoxy) is 1. The summed E-state index contributed by atoms with van der Waals surface area (Å²) >= 11 is 0. The monoisotopic (exact) mass is 291 g/mol. The van der Waals surface area contributed by atoms with Gasteiger partial charge in [-0.1, -0.05) is 0 Å². The van der Waals surface area contributed by atoms with Crippen molar-refractivity contribution in [3.05, 3.63) is 17.7 Å². The van der Waals surface area contributed by atoms with Gasteiger partial charge in [-0.05, 0) is 52.4 Å². The average molecular weight is 291 g/mol. The molecule has 2 fully saturated rings. The summed E-state index contributed by atoms with van der Waals surface area (Å²) in [5.41, 5.74) is 1.58. The van der Waals surface area contributed by atoms with E-state index >= 15 is 0 Å². The van der Waals surface area contributed by atoms with Gasteiger partial charge in [0.05, 0.1) is 25.2 Å². The Bertz CT molecular complexity index is 532. The van der Waals surface area contributed by atoms with Crippen molar-refractivity contribution < 1.29 is 9.53 Å². The fraction of sp³-hybridized carbons (Fsp3) is 0.750. The van der Waals surface area contributed by atoms with Crippen LogP contribution in [0.5, 0.6) is 0 Å². The molecule has 3 rings (SSSR count). The zero-order valence-corrected chi connectivity index (χ0v) is 13.2. The molecule has 1 heterocycles. The van der Waals surface area contributed by atoms with E-state index in [0.29, 0.717) is 25.1 Å². The molecule has 1 aromatic rings. The summed E-state index contributed by atoms with van der Waals surface area (Å²) in [6.45, 7) is 6.99. The molecule has 0 spiro atoms. The minimum absolute atomic E-state index is 0.0925. The number of esters is 1. The minimum atomic E-state index is -0.574. The van der Waals surface area contributed by atoms with E-state index in [4.69, 9.17) is 4.74 Å². The molecule has 0 radical (unpaired) electrons. The van der Waals surface area contributed by atoms with Crippen LogP contribution < -0.4 is 5.32 Å². The summed E-state index contributed by atoms with van der Waals surface area (Å²) in [5.74, 6) is 0.296. The predicted octanol–water partition coefficient (Wildman–Crippen LogP) is 1.96. The number of aryl methyl sites for hydroxylation is 1. The van der Waals surface area contributed by atoms with Gasteiger partial charge in [0.2, 0.25) is 0 Å². The van der Waals surface area contributed by atoms with Crippen molar-refractivity contribution in [3.63, 3.8) is 0 Å². The van der Waals surface area contributed by atoms with E-state index in [9.17, 15) is 4.79 Å². The van der Waals surface area contributed by atoms with Crippen LogP contribution in [0.15, 0.2) is 6.33 Å². The van der Waals surface area contributed by atoms with E-state index in [-0.39, 0.29) is 5.97 Å². The lowest BCUT2D eigenvalue weighted by molar-refractivity contribution is -0.153. The normalized spacial score (nSPS) is 21.1. The number of carbonyl (C=O) groups excluding carboxylic acids is 1. The Morgan fingerprint density at radius 2 is 2.14 bits per heavy atom. The van der Waals surface area contributed by atoms with Crippen LogP contribution >= 0.6 is 0 Å². The van der Waals surface area contributed by atoms with Crippen molar-refractivity contribution in [3.8, 4) is 0 Å². The highest BCUT2D eigenvalue weighted by atomic mass is 16.5. The molecular weight excluding hydrogens is 266 g/mol. The van der Waals surface area contributed by atoms with Crippen LogP contribution in [0.3, 0.4) is 0 Å². The first-order valence-corrected chi connectivity index (χ1v) is 8.00. The highest BCUT2D eigenvalue weighted by Gasteiger charge is 2.54. The second kappa shape index (κ2) is 5.44. The Morgan fingerprint density at radius 1 is 1.43 bits per heavy atom. The van der Waals surface area contributed by atoms with Gasteiger partial charge in [0.15, 0.2) is 0 Å². The van der Waals surface area contributed by atoms with E-state index in [1.54, 1.807) is 0 Å². The minimum Gasteiger partial charge on any atom is -0.465 e. The number of carbonyl (C=O) groups is 1. The van der Waals surface area contributed by atoms with Gasteiger partial charge in [-0.25, -0.2) is 9.78 Å². The van der Waals surface area contributed by atoms with E-state index in [2.05, 4.69) is 21.8 Å². The van der Waals surface area contributed by atoms with E-state index < -0.39 is 5.54 Å². The first kappa shape index (κ1) is 14.6. The van der Waals surface area contributed by atoms with Crippen LogP contribution in [0.25, 0.3) is 0 Å². The molecule has 0 aromatic carbocycles. The van der Waals surface area contributed by atoms with Gasteiger partial charge in [-0.15, -0.1) is 0 Å². The molecule has 1 N–H and O–H groups in total. The summed E-state index contributed by atoms with van der Waals surface area (Å²) in [7, 11) is 0. The maximum Gasteiger partial charge on any atom is 0.328 e. The lowest BCUT2D eigenvalue weighted by Gasteiger charge is -2.33. The smallest absolute Gasteiger partial charge is 0.328 e. The van der Waals surface area contributed by atoms with Gasteiger partial charge in [0.1, 0.15) is 5.54 Å². The summed E-state index contributed by atoms with van der Waals surface area (Å²) in [5, 5.41) is 3.61. The Morgan fingerprint density at radius 3 is 2.62 bits per heavy atom. The second-order valence-corrected chi connectivity index (χ2v) is 6.43. The van der Waals surface area contributed by atoms with Crippen molar-refractivity contribution in [2.24, 2.45) is 5.92 Å². The standard InChI is InChI=1S/C16H25N3O2/c1-4-21-15(20)16(13-5-6-13,18-14-7-8-14)9-19-10-17-11(2)12(19)3/h10,13-14,18H,4-9H2,1-3H3. The van der Waals surface area contributed by atoms with E-state index in [1.807, 2.05) is 20.2 Å². The lowest BCUT2D eigenvalue weighted by Crippen LogP contribution is -2.58. The van der Waals surface area contributed by atoms with Crippen molar-refractivity contribution in [2.75, 3.05) is 6.61 Å². The zero-order chi connectivity index (χ0) is 15.0. The zero-order valence-electron chi connectivity index (χ0n) is 13.2. The van der Waals surface area contributed by atoms with Gasteiger partial charge in [-0.3, -0.25) is 5.32 Å². The van der Waals surface area contributed by atoms with Crippen molar-refractivity contribution in [1.82, 2.24) is 14.9 Å². The van der Waals surface area contributed by atoms with Crippen LogP contribution in [0.4, 0.5) is 0 Å². The molecule has 2 aliphatic rings. The molecule has 116 valence electrons. The Hall–Kier alpha value is -1.36. The number of hydrogen-bond acceptors (Lipinski definition) is 4. The van der Waals surface area contributed by atoms with Crippen molar-refractivity contribution in [1.29, 1.82) is 0 Å². The summed E-state index contributed by atoms with van der Waals surface area (Å²) < 4.78 is 7.52. The first-order chi connectivity index (χ1) is 10.1. The molecular formula is C16H25N3O2. The van der Waals surface area contributed by atoms with Crippen LogP contribution in [0, 0.1) is 19.8 Å². The Kier molecular flexibility index (Phi) is 3.78. The van der Waals surface area contributed by atoms with Crippen LogP contribution in [-0.2, 0) is 16.1 Å². The first-order valence-electron chi connectivity index (χ1n) is 8.00. The lowest BCUT2D eigenvalue weighted by atomic mass is 9.92. The maximum absolute atomic E-state index is 12.7. The number of nitrogens with one attached hydrogen (secondary N) is 1. The third-order valence-corrected chi connectivity index (χ3v) is 4.72. The van der Waals surface area contributed by atoms with Gasteiger partial charge in [0.25, 0.3) is 0 Å². The third kappa shape index (κ3) is 2.84. The fourth-order valence-electron chi connectivity index (χ4n) is 2.98. The molecule has 5 nitrogen and oxygen atoms in total. The molecule has 2 aliphatic carbocycles. The van der Waals surface area contributed by atoms with E-state index in [1.165, 1.54) is 0 Å². The maximum atomic E-state index is 12.7. The number of imidazole rings is 1. The second-order valence-electron chi connectivity index (χ2n) is 6.43. The number of hydrogen-bond donors (Lipinski definition) is 1. The van der Waals surface area contributed by atoms with Crippen LogP contribution in [0.1, 0.15) is 44.0 Å². The molecule has 0 bridgehead atoms. The summed E-state index contributed by atoms with van der Waals surface area (Å²) in [6, 6.07) is 0.472. The Labute approximate surface area is 126 Å². The molecule has 0 aliphatic heterocycles. The van der Waals surface area contributed by atoms with Gasteiger partial charge < -0.3 is 9.30 Å². The summed E-state index contributed by atoms with van der Waals surface area (Å²) in [6.07, 6.45) is 6.37. The molecule has 2 saturated carbocycles. The average Bonchev–Trinajstić information content (AvgIpc) is 3.35. The molecule has 1 aromatic heterocycles. The topological polar surface area (TPSA) is 56.2 Å². The molecule has 5 heteroatoms. The quantitative estimate of drug-likeness (QED) is 0.780. The molecule has 0 amide bonds. The van der Waals surface area contributed by atoms with Gasteiger partial charge in [0, 0.05) is 11.7 Å². The SMILES string of the molecule is CCOC(=O)C(Cn1cnc(C)c1C)(NC1CC1)C1CC1. The number of nitrogens with zero attached hydrogens (tertiary/aromatic N) is 2. The van der Waals surface area contributed by atoms with Crippen molar-refractivity contribution >= 4 is 5.97 Å². The van der Waals surface area contributed by atoms with Crippen molar-refractivity contribution in [2.45, 2.75) is 64.6 Å². The van der Waals surface area contributed by atoms with Gasteiger partial charge >= 0.3 is 5.97 Å². The molecule has 21 heavy (non-hydrogen) atoms. The predicted molar refractivity (Wildman–Crippen MR) is 79.9 cm³/mol. The number of aromatic nitrogens is 2. The highest BCUT2D eigenvalue weighted by Crippen LogP contribution is 2.43. The fourth-order valence-corrected chi connectivity index (χ4v) is 2.98. The molecule has 0 saturated heterocycles. The van der Waals surface area contributed by atoms with Crippen LogP contribution in [-0.4, -0.2) is 33.7 Å². The molecule has 1 atom stereocenters. The Balaban J connectivity index is 1.89. The largest absolute Gasteiger partial charge is 0.465 e. The highest BCUT2D eigenvalue weighted by molar-refractivity contribution is 5.82. The van der Waals surface area contributed by atoms with Crippen LogP contribution in [0.2, 0.25) is 0 Å². The molecule has 1 unspecified atom stereocenters. The number of rotatable bonds is 7. The van der Waals surface area contributed by atoms with E-state index in [0.717, 1.165) is 37.1 Å².